The summed E-state index contributed by atoms with van der Waals surface area (Å²) in [6.07, 6.45) is 6.37. The topological polar surface area (TPSA) is 41.1 Å². The van der Waals surface area contributed by atoms with E-state index < -0.39 is 0 Å². The predicted molar refractivity (Wildman–Crippen MR) is 76.3 cm³/mol. The first kappa shape index (κ1) is 11.5. The molecule has 0 amide bonds. The molecule has 0 atom stereocenters. The molecule has 4 nitrogen and oxygen atoms in total. The molecule has 1 N–H and O–H groups in total. The minimum atomic E-state index is 0.892. The van der Waals surface area contributed by atoms with Crippen molar-refractivity contribution in [3.05, 3.63) is 24.5 Å². The van der Waals surface area contributed by atoms with E-state index >= 15 is 0 Å². The van der Waals surface area contributed by atoms with Gasteiger partial charge in [-0.3, -0.25) is 0 Å². The van der Waals surface area contributed by atoms with Gasteiger partial charge in [0.15, 0.2) is 5.13 Å². The highest BCUT2D eigenvalue weighted by Gasteiger charge is 2.16. The summed E-state index contributed by atoms with van der Waals surface area (Å²) in [5.41, 5.74) is 1.18. The number of nitrogens with zero attached hydrogens (tertiary/aromatic N) is 3. The van der Waals surface area contributed by atoms with E-state index in [4.69, 9.17) is 0 Å². The molecular formula is C13H16N4S. The van der Waals surface area contributed by atoms with Crippen LogP contribution in [0.25, 0.3) is 10.4 Å². The SMILES string of the molecule is CNc1cc(-c2cnc(N3CCCC3)s2)ccn1. The summed E-state index contributed by atoms with van der Waals surface area (Å²) in [5.74, 6) is 0.892. The number of anilines is 2. The highest BCUT2D eigenvalue weighted by atomic mass is 32.1. The van der Waals surface area contributed by atoms with Crippen molar-refractivity contribution in [3.63, 3.8) is 0 Å². The molecule has 1 aliphatic rings. The highest BCUT2D eigenvalue weighted by molar-refractivity contribution is 7.18. The molecular weight excluding hydrogens is 244 g/mol. The molecule has 0 unspecified atom stereocenters. The Morgan fingerprint density at radius 2 is 2.11 bits per heavy atom. The maximum atomic E-state index is 4.53. The summed E-state index contributed by atoms with van der Waals surface area (Å²) in [4.78, 5) is 12.3. The third kappa shape index (κ3) is 2.18. The third-order valence-electron chi connectivity index (χ3n) is 3.17. The Morgan fingerprint density at radius 3 is 2.89 bits per heavy atom. The second-order valence-electron chi connectivity index (χ2n) is 4.38. The number of hydrogen-bond donors (Lipinski definition) is 1. The van der Waals surface area contributed by atoms with Gasteiger partial charge in [0.25, 0.3) is 0 Å². The van der Waals surface area contributed by atoms with Gasteiger partial charge in [0.2, 0.25) is 0 Å². The van der Waals surface area contributed by atoms with Gasteiger partial charge in [-0.05, 0) is 30.5 Å². The average Bonchev–Trinajstić information content (AvgIpc) is 3.09. The molecule has 1 fully saturated rings. The van der Waals surface area contributed by atoms with Crippen LogP contribution >= 0.6 is 11.3 Å². The van der Waals surface area contributed by atoms with E-state index in [9.17, 15) is 0 Å². The van der Waals surface area contributed by atoms with Crippen molar-refractivity contribution in [3.8, 4) is 10.4 Å². The summed E-state index contributed by atoms with van der Waals surface area (Å²) in [5, 5.41) is 4.21. The fraction of sp³-hybridized carbons (Fsp3) is 0.385. The molecule has 3 heterocycles. The predicted octanol–water partition coefficient (Wildman–Crippen LogP) is 2.85. The zero-order valence-electron chi connectivity index (χ0n) is 10.4. The van der Waals surface area contributed by atoms with Gasteiger partial charge in [-0.2, -0.15) is 0 Å². The molecule has 2 aromatic rings. The van der Waals surface area contributed by atoms with Crippen molar-refractivity contribution in [1.29, 1.82) is 0 Å². The van der Waals surface area contributed by atoms with Crippen LogP contribution in [0.15, 0.2) is 24.5 Å². The molecule has 1 saturated heterocycles. The summed E-state index contributed by atoms with van der Waals surface area (Å²) in [7, 11) is 1.88. The fourth-order valence-corrected chi connectivity index (χ4v) is 3.14. The Hall–Kier alpha value is -1.62. The van der Waals surface area contributed by atoms with E-state index in [1.54, 1.807) is 11.3 Å². The third-order valence-corrected chi connectivity index (χ3v) is 4.28. The minimum Gasteiger partial charge on any atom is -0.373 e. The van der Waals surface area contributed by atoms with E-state index in [-0.39, 0.29) is 0 Å². The van der Waals surface area contributed by atoms with Crippen LogP contribution in [0.3, 0.4) is 0 Å². The molecule has 18 heavy (non-hydrogen) atoms. The molecule has 0 aliphatic carbocycles. The van der Waals surface area contributed by atoms with E-state index in [0.29, 0.717) is 0 Å². The van der Waals surface area contributed by atoms with Crippen LogP contribution in [0.2, 0.25) is 0 Å². The number of pyridine rings is 1. The van der Waals surface area contributed by atoms with Crippen molar-refractivity contribution in [2.45, 2.75) is 12.8 Å². The fourth-order valence-electron chi connectivity index (χ4n) is 2.17. The van der Waals surface area contributed by atoms with E-state index in [1.165, 1.54) is 23.3 Å². The summed E-state index contributed by atoms with van der Waals surface area (Å²) < 4.78 is 0. The van der Waals surface area contributed by atoms with Crippen LogP contribution in [0, 0.1) is 0 Å². The van der Waals surface area contributed by atoms with Crippen molar-refractivity contribution in [2.24, 2.45) is 0 Å². The smallest absolute Gasteiger partial charge is 0.185 e. The largest absolute Gasteiger partial charge is 0.373 e. The maximum absolute atomic E-state index is 4.53. The Morgan fingerprint density at radius 1 is 1.28 bits per heavy atom. The number of thiazole rings is 1. The van der Waals surface area contributed by atoms with E-state index in [0.717, 1.165) is 24.0 Å². The van der Waals surface area contributed by atoms with Crippen LogP contribution in [-0.2, 0) is 0 Å². The first-order chi connectivity index (χ1) is 8.86. The molecule has 94 valence electrons. The molecule has 5 heteroatoms. The Bertz CT molecular complexity index is 531. The molecule has 0 spiro atoms. The molecule has 3 rings (SSSR count). The molecule has 0 radical (unpaired) electrons. The van der Waals surface area contributed by atoms with Crippen molar-refractivity contribution in [2.75, 3.05) is 30.4 Å². The Balaban J connectivity index is 1.87. The first-order valence-corrected chi connectivity index (χ1v) is 7.03. The monoisotopic (exact) mass is 260 g/mol. The lowest BCUT2D eigenvalue weighted by Gasteiger charge is -2.12. The lowest BCUT2D eigenvalue weighted by molar-refractivity contribution is 0.949. The van der Waals surface area contributed by atoms with E-state index in [2.05, 4.69) is 26.3 Å². The average molecular weight is 260 g/mol. The number of aromatic nitrogens is 2. The highest BCUT2D eigenvalue weighted by Crippen LogP contribution is 2.33. The standard InChI is InChI=1S/C13H16N4S/c1-14-12-8-10(4-5-15-12)11-9-16-13(18-11)17-6-2-3-7-17/h4-5,8-9H,2-3,6-7H2,1H3,(H,14,15). The van der Waals surface area contributed by atoms with Gasteiger partial charge in [0.05, 0.1) is 4.88 Å². The van der Waals surface area contributed by atoms with Crippen molar-refractivity contribution >= 4 is 22.3 Å². The quantitative estimate of drug-likeness (QED) is 0.921. The zero-order valence-corrected chi connectivity index (χ0v) is 11.2. The van der Waals surface area contributed by atoms with Gasteiger partial charge in [0, 0.05) is 32.5 Å². The molecule has 2 aromatic heterocycles. The van der Waals surface area contributed by atoms with Crippen LogP contribution in [0.1, 0.15) is 12.8 Å². The summed E-state index contributed by atoms with van der Waals surface area (Å²) in [6.45, 7) is 2.29. The number of rotatable bonds is 3. The van der Waals surface area contributed by atoms with Gasteiger partial charge in [-0.15, -0.1) is 0 Å². The van der Waals surface area contributed by atoms with Crippen LogP contribution in [0.5, 0.6) is 0 Å². The zero-order chi connectivity index (χ0) is 12.4. The van der Waals surface area contributed by atoms with Crippen molar-refractivity contribution < 1.29 is 0 Å². The minimum absolute atomic E-state index is 0.892. The Labute approximate surface area is 111 Å². The van der Waals surface area contributed by atoms with Crippen LogP contribution in [-0.4, -0.2) is 30.1 Å². The lowest BCUT2D eigenvalue weighted by atomic mass is 10.2. The number of nitrogens with one attached hydrogen (secondary N) is 1. The second-order valence-corrected chi connectivity index (χ2v) is 5.39. The summed E-state index contributed by atoms with van der Waals surface area (Å²) >= 11 is 1.76. The van der Waals surface area contributed by atoms with Crippen LogP contribution in [0.4, 0.5) is 10.9 Å². The molecule has 0 bridgehead atoms. The normalized spacial score (nSPS) is 15.1. The van der Waals surface area contributed by atoms with Gasteiger partial charge in [-0.1, -0.05) is 11.3 Å². The lowest BCUT2D eigenvalue weighted by Crippen LogP contribution is -2.16. The maximum Gasteiger partial charge on any atom is 0.185 e. The molecule has 0 aromatic carbocycles. The number of hydrogen-bond acceptors (Lipinski definition) is 5. The van der Waals surface area contributed by atoms with Crippen LogP contribution < -0.4 is 10.2 Å². The second kappa shape index (κ2) is 4.94. The molecule has 0 saturated carbocycles. The van der Waals surface area contributed by atoms with Gasteiger partial charge in [-0.25, -0.2) is 9.97 Å². The van der Waals surface area contributed by atoms with Crippen molar-refractivity contribution in [1.82, 2.24) is 9.97 Å². The Kier molecular flexibility index (Phi) is 3.15. The van der Waals surface area contributed by atoms with Gasteiger partial charge < -0.3 is 10.2 Å². The van der Waals surface area contributed by atoms with Gasteiger partial charge in [0.1, 0.15) is 5.82 Å². The van der Waals surface area contributed by atoms with Gasteiger partial charge >= 0.3 is 0 Å². The molecule has 1 aliphatic heterocycles. The summed E-state index contributed by atoms with van der Waals surface area (Å²) in [6, 6.07) is 4.09. The van der Waals surface area contributed by atoms with E-state index in [1.807, 2.05) is 25.5 Å². The first-order valence-electron chi connectivity index (χ1n) is 6.22.